The maximum absolute atomic E-state index is 13.1. The molecule has 0 radical (unpaired) electrons. The van der Waals surface area contributed by atoms with Gasteiger partial charge in [0, 0.05) is 5.56 Å². The Hall–Kier alpha value is -1.84. The van der Waals surface area contributed by atoms with E-state index >= 15 is 0 Å². The maximum atomic E-state index is 13.1. The van der Waals surface area contributed by atoms with E-state index in [-0.39, 0.29) is 17.9 Å². The molecule has 0 fully saturated rings. The summed E-state index contributed by atoms with van der Waals surface area (Å²) >= 11 is 0. The lowest BCUT2D eigenvalue weighted by Gasteiger charge is -2.15. The molecule has 0 saturated carbocycles. The third-order valence-electron chi connectivity index (χ3n) is 1.97. The number of hydrogen-bond donors (Lipinski definition) is 1. The number of fused-ring (bicyclic) bond motifs is 1. The first-order chi connectivity index (χ1) is 6.68. The van der Waals surface area contributed by atoms with Crippen LogP contribution >= 0.6 is 0 Å². The van der Waals surface area contributed by atoms with Crippen molar-refractivity contribution in [2.75, 3.05) is 6.61 Å². The van der Waals surface area contributed by atoms with Crippen molar-refractivity contribution >= 4 is 12.0 Å². The minimum Gasteiger partial charge on any atom is -0.485 e. The lowest BCUT2D eigenvalue weighted by Crippen LogP contribution is -2.14. The number of carboxylic acid groups (broad SMARTS) is 1. The predicted molar refractivity (Wildman–Crippen MR) is 47.5 cm³/mol. The number of carbonyl (C=O) groups is 1. The second kappa shape index (κ2) is 3.14. The third kappa shape index (κ3) is 1.35. The van der Waals surface area contributed by atoms with Crippen molar-refractivity contribution in [2.24, 2.45) is 0 Å². The molecule has 0 aromatic heterocycles. The van der Waals surface area contributed by atoms with Crippen LogP contribution in [0.5, 0.6) is 5.75 Å². The fourth-order valence-electron chi connectivity index (χ4n) is 1.29. The third-order valence-corrected chi connectivity index (χ3v) is 1.97. The normalized spacial score (nSPS) is 13.9. The average Bonchev–Trinajstić information content (AvgIpc) is 2.17. The highest BCUT2D eigenvalue weighted by atomic mass is 19.1. The number of carboxylic acids is 1. The fraction of sp³-hybridized carbons (Fsp3) is 0.100. The molecule has 1 aromatic rings. The van der Waals surface area contributed by atoms with Crippen LogP contribution in [0.1, 0.15) is 5.56 Å². The van der Waals surface area contributed by atoms with Crippen molar-refractivity contribution in [1.29, 1.82) is 0 Å². The molecule has 0 spiro atoms. The van der Waals surface area contributed by atoms with Gasteiger partial charge in [-0.05, 0) is 12.1 Å². The Morgan fingerprint density at radius 1 is 1.50 bits per heavy atom. The van der Waals surface area contributed by atoms with Gasteiger partial charge in [-0.25, -0.2) is 9.18 Å². The zero-order valence-electron chi connectivity index (χ0n) is 7.16. The summed E-state index contributed by atoms with van der Waals surface area (Å²) in [6, 6.07) is 4.40. The van der Waals surface area contributed by atoms with Crippen LogP contribution < -0.4 is 4.74 Å². The van der Waals surface area contributed by atoms with E-state index < -0.39 is 11.8 Å². The lowest BCUT2D eigenvalue weighted by molar-refractivity contribution is -0.132. The second-order valence-electron chi connectivity index (χ2n) is 2.92. The van der Waals surface area contributed by atoms with Crippen LogP contribution in [-0.4, -0.2) is 17.7 Å². The van der Waals surface area contributed by atoms with Gasteiger partial charge in [-0.3, -0.25) is 0 Å². The molecular weight excluding hydrogens is 187 g/mol. The van der Waals surface area contributed by atoms with Crippen LogP contribution in [0.25, 0.3) is 6.08 Å². The molecule has 3 nitrogen and oxygen atoms in total. The van der Waals surface area contributed by atoms with Gasteiger partial charge >= 0.3 is 5.97 Å². The molecule has 0 amide bonds. The fourth-order valence-corrected chi connectivity index (χ4v) is 1.29. The highest BCUT2D eigenvalue weighted by molar-refractivity contribution is 5.93. The zero-order valence-corrected chi connectivity index (χ0v) is 7.16. The minimum atomic E-state index is -1.04. The van der Waals surface area contributed by atoms with E-state index in [9.17, 15) is 9.18 Å². The minimum absolute atomic E-state index is 0.0940. The molecule has 0 bridgehead atoms. The summed E-state index contributed by atoms with van der Waals surface area (Å²) in [4.78, 5) is 10.6. The standard InChI is InChI=1S/C10H7FO3/c11-8-3-1-2-6-4-7(10(12)13)5-14-9(6)8/h1-4H,5H2,(H,12,13). The second-order valence-corrected chi connectivity index (χ2v) is 2.92. The van der Waals surface area contributed by atoms with Crippen molar-refractivity contribution in [3.63, 3.8) is 0 Å². The predicted octanol–water partition coefficient (Wildman–Crippen LogP) is 1.69. The van der Waals surface area contributed by atoms with Crippen molar-refractivity contribution in [1.82, 2.24) is 0 Å². The Balaban J connectivity index is 2.50. The summed E-state index contributed by atoms with van der Waals surface area (Å²) in [5.41, 5.74) is 0.594. The summed E-state index contributed by atoms with van der Waals surface area (Å²) in [7, 11) is 0. The molecule has 0 atom stereocenters. The zero-order chi connectivity index (χ0) is 10.1. The van der Waals surface area contributed by atoms with Crippen molar-refractivity contribution in [2.45, 2.75) is 0 Å². The molecule has 1 aromatic carbocycles. The molecule has 0 unspecified atom stereocenters. The number of ether oxygens (including phenoxy) is 1. The van der Waals surface area contributed by atoms with E-state index in [1.807, 2.05) is 0 Å². The summed E-state index contributed by atoms with van der Waals surface area (Å²) < 4.78 is 18.1. The number of benzene rings is 1. The molecule has 0 saturated heterocycles. The van der Waals surface area contributed by atoms with Gasteiger partial charge in [-0.2, -0.15) is 0 Å². The van der Waals surface area contributed by atoms with E-state index in [1.54, 1.807) is 6.07 Å². The van der Waals surface area contributed by atoms with Gasteiger partial charge in [0.25, 0.3) is 0 Å². The summed E-state index contributed by atoms with van der Waals surface area (Å²) in [5, 5.41) is 8.69. The topological polar surface area (TPSA) is 46.5 Å². The van der Waals surface area contributed by atoms with Gasteiger partial charge in [0.05, 0.1) is 5.57 Å². The first-order valence-corrected chi connectivity index (χ1v) is 4.03. The Bertz CT molecular complexity index is 423. The van der Waals surface area contributed by atoms with E-state index in [0.29, 0.717) is 5.56 Å². The lowest BCUT2D eigenvalue weighted by atomic mass is 10.1. The largest absolute Gasteiger partial charge is 0.485 e. The first-order valence-electron chi connectivity index (χ1n) is 4.03. The van der Waals surface area contributed by atoms with Gasteiger partial charge in [0.1, 0.15) is 6.61 Å². The van der Waals surface area contributed by atoms with Gasteiger partial charge in [0.15, 0.2) is 11.6 Å². The Labute approximate surface area is 79.4 Å². The SMILES string of the molecule is O=C(O)C1=Cc2cccc(F)c2OC1. The molecule has 1 heterocycles. The van der Waals surface area contributed by atoms with Gasteiger partial charge in [-0.1, -0.05) is 12.1 Å². The molecule has 1 N–H and O–H groups in total. The van der Waals surface area contributed by atoms with Crippen LogP contribution in [0, 0.1) is 5.82 Å². The quantitative estimate of drug-likeness (QED) is 0.739. The molecule has 1 aliphatic heterocycles. The molecule has 2 rings (SSSR count). The average molecular weight is 194 g/mol. The van der Waals surface area contributed by atoms with Crippen LogP contribution in [0.4, 0.5) is 4.39 Å². The highest BCUT2D eigenvalue weighted by Crippen LogP contribution is 2.28. The molecule has 72 valence electrons. The van der Waals surface area contributed by atoms with E-state index in [2.05, 4.69) is 0 Å². The number of para-hydroxylation sites is 1. The Kier molecular flexibility index (Phi) is 1.96. The highest BCUT2D eigenvalue weighted by Gasteiger charge is 2.18. The molecule has 0 aliphatic carbocycles. The molecule has 14 heavy (non-hydrogen) atoms. The molecule has 1 aliphatic rings. The maximum Gasteiger partial charge on any atom is 0.335 e. The van der Waals surface area contributed by atoms with E-state index in [0.717, 1.165) is 0 Å². The molecule has 4 heteroatoms. The Morgan fingerprint density at radius 2 is 2.29 bits per heavy atom. The van der Waals surface area contributed by atoms with Crippen LogP contribution in [0.15, 0.2) is 23.8 Å². The number of rotatable bonds is 1. The van der Waals surface area contributed by atoms with Gasteiger partial charge in [-0.15, -0.1) is 0 Å². The first kappa shape index (κ1) is 8.74. The van der Waals surface area contributed by atoms with Gasteiger partial charge in [0.2, 0.25) is 0 Å². The van der Waals surface area contributed by atoms with Crippen LogP contribution in [-0.2, 0) is 4.79 Å². The van der Waals surface area contributed by atoms with Crippen molar-refractivity contribution in [3.05, 3.63) is 35.2 Å². The van der Waals surface area contributed by atoms with Crippen LogP contribution in [0.2, 0.25) is 0 Å². The van der Waals surface area contributed by atoms with E-state index in [4.69, 9.17) is 9.84 Å². The summed E-state index contributed by atoms with van der Waals surface area (Å²) in [5.74, 6) is -1.39. The Morgan fingerprint density at radius 3 is 3.00 bits per heavy atom. The summed E-state index contributed by atoms with van der Waals surface area (Å²) in [6.45, 7) is -0.0940. The number of halogens is 1. The molecular formula is C10H7FO3. The number of aliphatic carboxylic acids is 1. The smallest absolute Gasteiger partial charge is 0.335 e. The van der Waals surface area contributed by atoms with Gasteiger partial charge < -0.3 is 9.84 Å². The monoisotopic (exact) mass is 194 g/mol. The van der Waals surface area contributed by atoms with Crippen LogP contribution in [0.3, 0.4) is 0 Å². The van der Waals surface area contributed by atoms with Crippen molar-refractivity contribution < 1.29 is 19.0 Å². The van der Waals surface area contributed by atoms with E-state index in [1.165, 1.54) is 18.2 Å². The number of hydrogen-bond acceptors (Lipinski definition) is 2. The summed E-state index contributed by atoms with van der Waals surface area (Å²) in [6.07, 6.45) is 1.42. The van der Waals surface area contributed by atoms with Crippen molar-refractivity contribution in [3.8, 4) is 5.75 Å².